The van der Waals surface area contributed by atoms with E-state index in [0.29, 0.717) is 19.4 Å². The SMILES string of the molecule is CCC(CNC(=O)NCCc1ccn(C)n1)C(=O)O. The number of urea groups is 1. The van der Waals surface area contributed by atoms with E-state index in [1.807, 2.05) is 19.3 Å². The normalized spacial score (nSPS) is 11.9. The molecule has 2 amide bonds. The van der Waals surface area contributed by atoms with Gasteiger partial charge in [0.25, 0.3) is 0 Å². The molecule has 0 bridgehead atoms. The third-order valence-corrected chi connectivity index (χ3v) is 2.79. The molecular weight excluding hydrogens is 248 g/mol. The largest absolute Gasteiger partial charge is 0.481 e. The Morgan fingerprint density at radius 2 is 2.21 bits per heavy atom. The Bertz CT molecular complexity index is 430. The van der Waals surface area contributed by atoms with Crippen LogP contribution in [0.25, 0.3) is 0 Å². The Morgan fingerprint density at radius 3 is 2.74 bits per heavy atom. The second kappa shape index (κ2) is 7.40. The fourth-order valence-electron chi connectivity index (χ4n) is 1.59. The summed E-state index contributed by atoms with van der Waals surface area (Å²) in [6.07, 6.45) is 2.97. The second-order valence-electron chi connectivity index (χ2n) is 4.31. The highest BCUT2D eigenvalue weighted by Gasteiger charge is 2.15. The number of rotatable bonds is 7. The highest BCUT2D eigenvalue weighted by molar-refractivity contribution is 5.75. The first-order valence-corrected chi connectivity index (χ1v) is 6.26. The van der Waals surface area contributed by atoms with Crippen LogP contribution in [0.2, 0.25) is 0 Å². The molecule has 0 aromatic carbocycles. The molecule has 0 aliphatic carbocycles. The zero-order valence-electron chi connectivity index (χ0n) is 11.2. The molecule has 0 saturated carbocycles. The zero-order chi connectivity index (χ0) is 14.3. The van der Waals surface area contributed by atoms with Crippen LogP contribution < -0.4 is 10.6 Å². The number of aliphatic carboxylic acids is 1. The third-order valence-electron chi connectivity index (χ3n) is 2.79. The van der Waals surface area contributed by atoms with Crippen molar-refractivity contribution in [1.29, 1.82) is 0 Å². The molecule has 0 radical (unpaired) electrons. The number of carboxylic acids is 1. The second-order valence-corrected chi connectivity index (χ2v) is 4.31. The number of nitrogens with one attached hydrogen (secondary N) is 2. The van der Waals surface area contributed by atoms with E-state index in [0.717, 1.165) is 5.69 Å². The Morgan fingerprint density at radius 1 is 1.47 bits per heavy atom. The lowest BCUT2D eigenvalue weighted by molar-refractivity contribution is -0.141. The number of carbonyl (C=O) groups is 2. The van der Waals surface area contributed by atoms with E-state index in [-0.39, 0.29) is 12.6 Å². The van der Waals surface area contributed by atoms with E-state index in [1.165, 1.54) is 0 Å². The van der Waals surface area contributed by atoms with Gasteiger partial charge in [-0.15, -0.1) is 0 Å². The number of amides is 2. The molecular formula is C12H20N4O3. The fourth-order valence-corrected chi connectivity index (χ4v) is 1.59. The number of hydrogen-bond acceptors (Lipinski definition) is 3. The van der Waals surface area contributed by atoms with Gasteiger partial charge in [0.2, 0.25) is 0 Å². The smallest absolute Gasteiger partial charge is 0.314 e. The molecule has 1 heterocycles. The number of nitrogens with zero attached hydrogens (tertiary/aromatic N) is 2. The fraction of sp³-hybridized carbons (Fsp3) is 0.583. The molecule has 1 unspecified atom stereocenters. The first-order chi connectivity index (χ1) is 9.02. The van der Waals surface area contributed by atoms with Crippen LogP contribution in [0.3, 0.4) is 0 Å². The monoisotopic (exact) mass is 268 g/mol. The van der Waals surface area contributed by atoms with Crippen LogP contribution >= 0.6 is 0 Å². The summed E-state index contributed by atoms with van der Waals surface area (Å²) in [5.74, 6) is -1.43. The van der Waals surface area contributed by atoms with Crippen LogP contribution in [0.15, 0.2) is 12.3 Å². The molecule has 7 heteroatoms. The predicted octanol–water partition coefficient (Wildman–Crippen LogP) is 0.373. The molecule has 106 valence electrons. The van der Waals surface area contributed by atoms with E-state index in [4.69, 9.17) is 5.11 Å². The van der Waals surface area contributed by atoms with Crippen LogP contribution in [0, 0.1) is 5.92 Å². The lowest BCUT2D eigenvalue weighted by atomic mass is 10.1. The van der Waals surface area contributed by atoms with Crippen LogP contribution in [0.4, 0.5) is 4.79 Å². The van der Waals surface area contributed by atoms with Crippen molar-refractivity contribution in [3.8, 4) is 0 Å². The number of carboxylic acid groups (broad SMARTS) is 1. The van der Waals surface area contributed by atoms with Crippen molar-refractivity contribution in [3.63, 3.8) is 0 Å². The van der Waals surface area contributed by atoms with Gasteiger partial charge in [-0.25, -0.2) is 4.79 Å². The molecule has 0 aliphatic rings. The minimum atomic E-state index is -0.892. The summed E-state index contributed by atoms with van der Waals surface area (Å²) >= 11 is 0. The summed E-state index contributed by atoms with van der Waals surface area (Å²) in [7, 11) is 1.83. The molecule has 7 nitrogen and oxygen atoms in total. The average Bonchev–Trinajstić information content (AvgIpc) is 2.75. The van der Waals surface area contributed by atoms with Gasteiger partial charge in [-0.3, -0.25) is 9.48 Å². The van der Waals surface area contributed by atoms with Gasteiger partial charge < -0.3 is 15.7 Å². The van der Waals surface area contributed by atoms with Crippen molar-refractivity contribution in [3.05, 3.63) is 18.0 Å². The molecule has 0 fully saturated rings. The van der Waals surface area contributed by atoms with Gasteiger partial charge in [0.05, 0.1) is 11.6 Å². The van der Waals surface area contributed by atoms with Crippen LogP contribution in [-0.4, -0.2) is 40.0 Å². The minimum absolute atomic E-state index is 0.140. The summed E-state index contributed by atoms with van der Waals surface area (Å²) in [6.45, 7) is 2.38. The lowest BCUT2D eigenvalue weighted by Gasteiger charge is -2.11. The molecule has 0 aliphatic heterocycles. The van der Waals surface area contributed by atoms with Crippen molar-refractivity contribution < 1.29 is 14.7 Å². The predicted molar refractivity (Wildman–Crippen MR) is 69.7 cm³/mol. The first-order valence-electron chi connectivity index (χ1n) is 6.26. The van der Waals surface area contributed by atoms with Crippen molar-refractivity contribution in [2.75, 3.05) is 13.1 Å². The molecule has 3 N–H and O–H groups in total. The Labute approximate surface area is 112 Å². The number of carbonyl (C=O) groups excluding carboxylic acids is 1. The summed E-state index contributed by atoms with van der Waals surface area (Å²) in [4.78, 5) is 22.2. The van der Waals surface area contributed by atoms with Crippen LogP contribution in [-0.2, 0) is 18.3 Å². The van der Waals surface area contributed by atoms with Crippen molar-refractivity contribution in [1.82, 2.24) is 20.4 Å². The summed E-state index contributed by atoms with van der Waals surface area (Å²) in [5.41, 5.74) is 0.903. The van der Waals surface area contributed by atoms with Crippen molar-refractivity contribution >= 4 is 12.0 Å². The molecule has 19 heavy (non-hydrogen) atoms. The van der Waals surface area contributed by atoms with Gasteiger partial charge in [-0.1, -0.05) is 6.92 Å². The van der Waals surface area contributed by atoms with E-state index in [1.54, 1.807) is 11.6 Å². The van der Waals surface area contributed by atoms with Crippen LogP contribution in [0.1, 0.15) is 19.0 Å². The lowest BCUT2D eigenvalue weighted by Crippen LogP contribution is -2.40. The first kappa shape index (κ1) is 15.0. The maximum atomic E-state index is 11.4. The molecule has 1 aromatic heterocycles. The van der Waals surface area contributed by atoms with E-state index in [2.05, 4.69) is 15.7 Å². The standard InChI is InChI=1S/C12H20N4O3/c1-3-9(11(17)18)8-14-12(19)13-6-4-10-5-7-16(2)15-10/h5,7,9H,3-4,6,8H2,1-2H3,(H,17,18)(H2,13,14,19). The maximum absolute atomic E-state index is 11.4. The Kier molecular flexibility index (Phi) is 5.84. The zero-order valence-corrected chi connectivity index (χ0v) is 11.2. The number of aromatic nitrogens is 2. The Balaban J connectivity index is 2.19. The van der Waals surface area contributed by atoms with Gasteiger partial charge >= 0.3 is 12.0 Å². The Hall–Kier alpha value is -2.05. The van der Waals surface area contributed by atoms with Crippen LogP contribution in [0.5, 0.6) is 0 Å². The van der Waals surface area contributed by atoms with Crippen molar-refractivity contribution in [2.24, 2.45) is 13.0 Å². The number of hydrogen-bond donors (Lipinski definition) is 3. The van der Waals surface area contributed by atoms with Crippen molar-refractivity contribution in [2.45, 2.75) is 19.8 Å². The molecule has 1 atom stereocenters. The van der Waals surface area contributed by atoms with Gasteiger partial charge in [0.1, 0.15) is 0 Å². The summed E-state index contributed by atoms with van der Waals surface area (Å²) < 4.78 is 1.70. The van der Waals surface area contributed by atoms with Gasteiger partial charge in [0.15, 0.2) is 0 Å². The van der Waals surface area contributed by atoms with E-state index < -0.39 is 11.9 Å². The quantitative estimate of drug-likeness (QED) is 0.665. The van der Waals surface area contributed by atoms with Gasteiger partial charge in [-0.05, 0) is 12.5 Å². The molecule has 1 rings (SSSR count). The highest BCUT2D eigenvalue weighted by Crippen LogP contribution is 2.00. The molecule has 0 spiro atoms. The third kappa shape index (κ3) is 5.41. The average molecular weight is 268 g/mol. The topological polar surface area (TPSA) is 96.3 Å². The van der Waals surface area contributed by atoms with E-state index in [9.17, 15) is 9.59 Å². The van der Waals surface area contributed by atoms with Gasteiger partial charge in [0, 0.05) is 32.8 Å². The highest BCUT2D eigenvalue weighted by atomic mass is 16.4. The summed E-state index contributed by atoms with van der Waals surface area (Å²) in [5, 5.41) is 18.2. The van der Waals surface area contributed by atoms with E-state index >= 15 is 0 Å². The number of aryl methyl sites for hydroxylation is 1. The molecule has 1 aromatic rings. The minimum Gasteiger partial charge on any atom is -0.481 e. The molecule has 0 saturated heterocycles. The summed E-state index contributed by atoms with van der Waals surface area (Å²) in [6, 6.07) is 1.53. The maximum Gasteiger partial charge on any atom is 0.314 e. The van der Waals surface area contributed by atoms with Gasteiger partial charge in [-0.2, -0.15) is 5.10 Å².